The zero-order valence-electron chi connectivity index (χ0n) is 8.29. The van der Waals surface area contributed by atoms with Crippen LogP contribution in [0.2, 0.25) is 0 Å². The summed E-state index contributed by atoms with van der Waals surface area (Å²) >= 11 is 5.06. The molecular formula is C12H8O2PS-. The van der Waals surface area contributed by atoms with E-state index < -0.39 is 6.49 Å². The Hall–Kier alpha value is -1.15. The van der Waals surface area contributed by atoms with E-state index in [4.69, 9.17) is 16.3 Å². The van der Waals surface area contributed by atoms with Crippen LogP contribution in [0.1, 0.15) is 0 Å². The van der Waals surface area contributed by atoms with E-state index in [2.05, 4.69) is 0 Å². The molecule has 0 amide bonds. The van der Waals surface area contributed by atoms with Crippen molar-refractivity contribution in [2.45, 2.75) is 0 Å². The lowest BCUT2D eigenvalue weighted by Crippen LogP contribution is -2.24. The van der Waals surface area contributed by atoms with Crippen LogP contribution in [0.4, 0.5) is 0 Å². The van der Waals surface area contributed by atoms with Crippen molar-refractivity contribution in [2.24, 2.45) is 0 Å². The standard InChI is InChI=1S/C12H9O2PS/c13-15(16)12-8-4-2-6-10(12)9-5-1-3-7-11(9)14-15/h1-8H,(H,13,16)/p-1. The molecular weight excluding hydrogens is 239 g/mol. The minimum Gasteiger partial charge on any atom is -0.788 e. The molecule has 1 atom stereocenters. The van der Waals surface area contributed by atoms with Crippen molar-refractivity contribution >= 4 is 23.6 Å². The summed E-state index contributed by atoms with van der Waals surface area (Å²) in [6, 6.07) is 15.0. The Labute approximate surface area is 98.7 Å². The van der Waals surface area contributed by atoms with Crippen LogP contribution in [-0.2, 0) is 11.8 Å². The number of fused-ring (bicyclic) bond motifs is 3. The minimum atomic E-state index is -3.13. The lowest BCUT2D eigenvalue weighted by molar-refractivity contribution is -0.171. The molecule has 2 aromatic carbocycles. The fraction of sp³-hybridized carbons (Fsp3) is 0. The summed E-state index contributed by atoms with van der Waals surface area (Å²) in [7, 11) is 0. The average Bonchev–Trinajstić information content (AvgIpc) is 2.29. The van der Waals surface area contributed by atoms with Crippen LogP contribution >= 0.6 is 6.49 Å². The Kier molecular flexibility index (Phi) is 2.15. The molecule has 0 bridgehead atoms. The highest BCUT2D eigenvalue weighted by molar-refractivity contribution is 8.12. The molecule has 0 N–H and O–H groups in total. The summed E-state index contributed by atoms with van der Waals surface area (Å²) in [4.78, 5) is 12.2. The maximum atomic E-state index is 12.2. The quantitative estimate of drug-likeness (QED) is 0.668. The number of para-hydroxylation sites is 1. The van der Waals surface area contributed by atoms with Crippen molar-refractivity contribution in [3.63, 3.8) is 0 Å². The lowest BCUT2D eigenvalue weighted by Gasteiger charge is -2.35. The van der Waals surface area contributed by atoms with E-state index in [0.717, 1.165) is 11.1 Å². The second kappa shape index (κ2) is 3.42. The van der Waals surface area contributed by atoms with Gasteiger partial charge >= 0.3 is 0 Å². The minimum absolute atomic E-state index is 0.611. The monoisotopic (exact) mass is 247 g/mol. The van der Waals surface area contributed by atoms with Crippen molar-refractivity contribution < 1.29 is 9.42 Å². The molecule has 2 nitrogen and oxygen atoms in total. The summed E-state index contributed by atoms with van der Waals surface area (Å²) in [6.07, 6.45) is 0. The van der Waals surface area contributed by atoms with Crippen LogP contribution in [-0.4, -0.2) is 0 Å². The molecule has 0 saturated carbocycles. The van der Waals surface area contributed by atoms with Gasteiger partial charge in [0, 0.05) is 10.9 Å². The zero-order valence-corrected chi connectivity index (χ0v) is 10.0. The van der Waals surface area contributed by atoms with Gasteiger partial charge in [0.15, 0.2) is 0 Å². The van der Waals surface area contributed by atoms with Crippen LogP contribution in [0, 0.1) is 0 Å². The Morgan fingerprint density at radius 1 is 0.938 bits per heavy atom. The number of hydrogen-bond donors (Lipinski definition) is 0. The second-order valence-corrected chi connectivity index (χ2v) is 6.70. The Morgan fingerprint density at radius 3 is 2.38 bits per heavy atom. The molecule has 1 heterocycles. The lowest BCUT2D eigenvalue weighted by atomic mass is 10.0. The Balaban J connectivity index is 2.38. The third-order valence-electron chi connectivity index (χ3n) is 2.59. The summed E-state index contributed by atoms with van der Waals surface area (Å²) in [5.41, 5.74) is 1.87. The predicted octanol–water partition coefficient (Wildman–Crippen LogP) is 2.04. The summed E-state index contributed by atoms with van der Waals surface area (Å²) in [6.45, 7) is -3.13. The van der Waals surface area contributed by atoms with Crippen molar-refractivity contribution in [1.29, 1.82) is 0 Å². The van der Waals surface area contributed by atoms with E-state index in [-0.39, 0.29) is 0 Å². The van der Waals surface area contributed by atoms with E-state index in [0.29, 0.717) is 11.1 Å². The molecule has 0 spiro atoms. The molecule has 3 rings (SSSR count). The van der Waals surface area contributed by atoms with Gasteiger partial charge in [-0.2, -0.15) is 0 Å². The molecule has 4 heteroatoms. The molecule has 0 radical (unpaired) electrons. The summed E-state index contributed by atoms with van der Waals surface area (Å²) in [5, 5.41) is 0.628. The number of hydrogen-bond acceptors (Lipinski definition) is 3. The second-order valence-electron chi connectivity index (χ2n) is 3.60. The van der Waals surface area contributed by atoms with E-state index in [1.165, 1.54) is 0 Å². The van der Waals surface area contributed by atoms with Gasteiger partial charge in [-0.25, -0.2) is 0 Å². The van der Waals surface area contributed by atoms with Gasteiger partial charge in [0.2, 0.25) is 0 Å². The van der Waals surface area contributed by atoms with Crippen LogP contribution in [0.3, 0.4) is 0 Å². The van der Waals surface area contributed by atoms with E-state index in [1.54, 1.807) is 12.1 Å². The van der Waals surface area contributed by atoms with Gasteiger partial charge in [-0.05, 0) is 11.6 Å². The third kappa shape index (κ3) is 1.40. The molecule has 1 aliphatic rings. The smallest absolute Gasteiger partial charge is 0.130 e. The van der Waals surface area contributed by atoms with Gasteiger partial charge in [0.05, 0.1) is 6.49 Å². The van der Waals surface area contributed by atoms with Gasteiger partial charge in [-0.3, -0.25) is 0 Å². The van der Waals surface area contributed by atoms with Gasteiger partial charge in [0.25, 0.3) is 0 Å². The highest BCUT2D eigenvalue weighted by atomic mass is 32.5. The highest BCUT2D eigenvalue weighted by Gasteiger charge is 2.22. The van der Waals surface area contributed by atoms with Crippen LogP contribution in [0.5, 0.6) is 5.75 Å². The maximum Gasteiger partial charge on any atom is 0.130 e. The fourth-order valence-electron chi connectivity index (χ4n) is 1.89. The Morgan fingerprint density at radius 2 is 1.56 bits per heavy atom. The molecule has 16 heavy (non-hydrogen) atoms. The number of rotatable bonds is 0. The zero-order chi connectivity index (χ0) is 11.2. The SMILES string of the molecule is [O-]P1(=S)Oc2ccccc2-c2ccccc21. The average molecular weight is 247 g/mol. The molecule has 1 aliphatic heterocycles. The number of benzene rings is 2. The van der Waals surface area contributed by atoms with Crippen molar-refractivity contribution in [2.75, 3.05) is 0 Å². The molecule has 0 saturated heterocycles. The normalized spacial score (nSPS) is 21.8. The molecule has 2 aromatic rings. The van der Waals surface area contributed by atoms with Gasteiger partial charge < -0.3 is 9.42 Å². The first-order chi connectivity index (χ1) is 7.68. The third-order valence-corrected chi connectivity index (χ3v) is 4.83. The van der Waals surface area contributed by atoms with Crippen molar-refractivity contribution in [3.05, 3.63) is 48.5 Å². The van der Waals surface area contributed by atoms with Crippen molar-refractivity contribution in [1.82, 2.24) is 0 Å². The van der Waals surface area contributed by atoms with E-state index in [9.17, 15) is 4.89 Å². The summed E-state index contributed by atoms with van der Waals surface area (Å²) < 4.78 is 5.42. The Bertz CT molecular complexity index is 609. The molecule has 0 fully saturated rings. The first-order valence-electron chi connectivity index (χ1n) is 4.88. The highest BCUT2D eigenvalue weighted by Crippen LogP contribution is 2.48. The van der Waals surface area contributed by atoms with E-state index >= 15 is 0 Å². The van der Waals surface area contributed by atoms with Gasteiger partial charge in [-0.15, -0.1) is 0 Å². The molecule has 1 unspecified atom stereocenters. The first kappa shape index (κ1) is 10.0. The largest absolute Gasteiger partial charge is 0.788 e. The topological polar surface area (TPSA) is 32.3 Å². The molecule has 80 valence electrons. The van der Waals surface area contributed by atoms with Gasteiger partial charge in [0.1, 0.15) is 5.75 Å². The fourth-order valence-corrected chi connectivity index (χ4v) is 3.88. The maximum absolute atomic E-state index is 12.2. The predicted molar refractivity (Wildman–Crippen MR) is 66.4 cm³/mol. The first-order valence-corrected chi connectivity index (χ1v) is 7.52. The van der Waals surface area contributed by atoms with Crippen LogP contribution in [0.15, 0.2) is 48.5 Å². The van der Waals surface area contributed by atoms with Gasteiger partial charge in [-0.1, -0.05) is 54.3 Å². The molecule has 0 aliphatic carbocycles. The van der Waals surface area contributed by atoms with Crippen molar-refractivity contribution in [3.8, 4) is 16.9 Å². The van der Waals surface area contributed by atoms with E-state index in [1.807, 2.05) is 36.4 Å². The van der Waals surface area contributed by atoms with Crippen LogP contribution in [0.25, 0.3) is 11.1 Å². The molecule has 0 aromatic heterocycles. The summed E-state index contributed by atoms with van der Waals surface area (Å²) in [5.74, 6) is 0.611. The van der Waals surface area contributed by atoms with Crippen LogP contribution < -0.4 is 14.7 Å².